The molecule has 1 N–H and O–H groups in total. The van der Waals surface area contributed by atoms with E-state index in [-0.39, 0.29) is 4.90 Å². The largest absolute Gasteiger partial charge is 0.240 e. The van der Waals surface area contributed by atoms with Gasteiger partial charge in [-0.2, -0.15) is 5.26 Å². The molecule has 0 radical (unpaired) electrons. The standard InChI is InChI=1S/C35H30N2O2S/c36-27-35(30-20-10-3-11-21-30,31-22-12-4-13-23-31)34(29-18-8-2-9-19-29)33(26-28-16-6-1-7-17-28)37-40(38,39)32-24-14-5-15-25-32/h1-25,33-34,37H,26H2/t33-,34-/m1/s1. The zero-order valence-electron chi connectivity index (χ0n) is 22.0. The molecule has 4 nitrogen and oxygen atoms in total. The number of rotatable bonds is 10. The van der Waals surface area contributed by atoms with Crippen molar-refractivity contribution in [1.29, 1.82) is 5.26 Å². The molecule has 0 saturated carbocycles. The Hall–Kier alpha value is -4.50. The highest BCUT2D eigenvalue weighted by Gasteiger charge is 2.48. The minimum atomic E-state index is -3.92. The Kier molecular flexibility index (Phi) is 8.21. The molecule has 0 aromatic heterocycles. The Morgan fingerprint density at radius 2 is 1.05 bits per heavy atom. The highest BCUT2D eigenvalue weighted by Crippen LogP contribution is 2.47. The first-order valence-electron chi connectivity index (χ1n) is 13.2. The van der Waals surface area contributed by atoms with E-state index in [0.717, 1.165) is 22.3 Å². The number of nitrogens with zero attached hydrogens (tertiary/aromatic N) is 1. The number of benzene rings is 5. The molecule has 0 aliphatic heterocycles. The maximum Gasteiger partial charge on any atom is 0.240 e. The van der Waals surface area contributed by atoms with Gasteiger partial charge in [0, 0.05) is 12.0 Å². The van der Waals surface area contributed by atoms with Crippen LogP contribution in [0.2, 0.25) is 0 Å². The summed E-state index contributed by atoms with van der Waals surface area (Å²) >= 11 is 0. The summed E-state index contributed by atoms with van der Waals surface area (Å²) in [6.07, 6.45) is 0.384. The van der Waals surface area contributed by atoms with Gasteiger partial charge >= 0.3 is 0 Å². The summed E-state index contributed by atoms with van der Waals surface area (Å²) in [6.45, 7) is 0. The normalized spacial score (nSPS) is 13.2. The van der Waals surface area contributed by atoms with Crippen LogP contribution in [-0.4, -0.2) is 14.5 Å². The molecule has 5 heteroatoms. The minimum Gasteiger partial charge on any atom is -0.207 e. The van der Waals surface area contributed by atoms with Gasteiger partial charge in [-0.25, -0.2) is 13.1 Å². The van der Waals surface area contributed by atoms with Crippen LogP contribution in [0, 0.1) is 11.3 Å². The van der Waals surface area contributed by atoms with E-state index in [2.05, 4.69) is 10.8 Å². The van der Waals surface area contributed by atoms with E-state index in [1.54, 1.807) is 30.3 Å². The van der Waals surface area contributed by atoms with Crippen molar-refractivity contribution in [2.75, 3.05) is 0 Å². The number of nitriles is 1. The fourth-order valence-corrected chi connectivity index (χ4v) is 6.80. The lowest BCUT2D eigenvalue weighted by Gasteiger charge is -2.41. The molecule has 0 saturated heterocycles. The van der Waals surface area contributed by atoms with Crippen LogP contribution in [0.4, 0.5) is 0 Å². The van der Waals surface area contributed by atoms with Gasteiger partial charge in [0.05, 0.1) is 11.0 Å². The van der Waals surface area contributed by atoms with Crippen LogP contribution >= 0.6 is 0 Å². The molecule has 2 atom stereocenters. The summed E-state index contributed by atoms with van der Waals surface area (Å²) in [5.41, 5.74) is 2.23. The van der Waals surface area contributed by atoms with Gasteiger partial charge in [-0.15, -0.1) is 0 Å². The molecular formula is C35H30N2O2S. The summed E-state index contributed by atoms with van der Waals surface area (Å²) in [7, 11) is -3.92. The van der Waals surface area contributed by atoms with E-state index in [1.807, 2.05) is 121 Å². The van der Waals surface area contributed by atoms with Crippen molar-refractivity contribution in [2.45, 2.75) is 28.7 Å². The summed E-state index contributed by atoms with van der Waals surface area (Å²) in [4.78, 5) is 0.182. The molecular weight excluding hydrogens is 512 g/mol. The maximum atomic E-state index is 13.9. The van der Waals surface area contributed by atoms with Crippen LogP contribution < -0.4 is 4.72 Å². The summed E-state index contributed by atoms with van der Waals surface area (Å²) < 4.78 is 30.8. The second kappa shape index (κ2) is 12.1. The van der Waals surface area contributed by atoms with E-state index >= 15 is 0 Å². The highest BCUT2D eigenvalue weighted by molar-refractivity contribution is 7.89. The lowest BCUT2D eigenvalue weighted by molar-refractivity contribution is 0.393. The first-order chi connectivity index (χ1) is 19.5. The lowest BCUT2D eigenvalue weighted by atomic mass is 9.61. The Morgan fingerprint density at radius 1 is 0.625 bits per heavy atom. The van der Waals surface area contributed by atoms with E-state index in [0.29, 0.717) is 6.42 Å². The zero-order chi connectivity index (χ0) is 27.8. The third kappa shape index (κ3) is 5.60. The first-order valence-corrected chi connectivity index (χ1v) is 14.7. The van der Waals surface area contributed by atoms with E-state index in [1.165, 1.54) is 0 Å². The van der Waals surface area contributed by atoms with Crippen molar-refractivity contribution in [3.63, 3.8) is 0 Å². The maximum absolute atomic E-state index is 13.9. The van der Waals surface area contributed by atoms with Crippen molar-refractivity contribution in [2.24, 2.45) is 0 Å². The van der Waals surface area contributed by atoms with Gasteiger partial charge in [0.15, 0.2) is 0 Å². The number of sulfonamides is 1. The molecule has 198 valence electrons. The average molecular weight is 543 g/mol. The smallest absolute Gasteiger partial charge is 0.207 e. The number of hydrogen-bond donors (Lipinski definition) is 1. The highest BCUT2D eigenvalue weighted by atomic mass is 32.2. The van der Waals surface area contributed by atoms with Gasteiger partial charge < -0.3 is 0 Å². The summed E-state index contributed by atoms with van der Waals surface area (Å²) in [6, 6.07) is 49.4. The molecule has 0 aliphatic rings. The van der Waals surface area contributed by atoms with Gasteiger partial charge in [-0.1, -0.05) is 140 Å². The van der Waals surface area contributed by atoms with Crippen LogP contribution in [0.5, 0.6) is 0 Å². The quantitative estimate of drug-likeness (QED) is 0.209. The monoisotopic (exact) mass is 542 g/mol. The van der Waals surface area contributed by atoms with Crippen molar-refractivity contribution in [3.8, 4) is 6.07 Å². The van der Waals surface area contributed by atoms with Gasteiger partial charge in [-0.05, 0) is 40.8 Å². The Bertz CT molecular complexity index is 1610. The van der Waals surface area contributed by atoms with E-state index in [9.17, 15) is 13.7 Å². The topological polar surface area (TPSA) is 70.0 Å². The van der Waals surface area contributed by atoms with Crippen LogP contribution in [0.15, 0.2) is 157 Å². The minimum absolute atomic E-state index is 0.182. The van der Waals surface area contributed by atoms with Crippen molar-refractivity contribution in [3.05, 3.63) is 174 Å². The van der Waals surface area contributed by atoms with Crippen molar-refractivity contribution in [1.82, 2.24) is 4.72 Å². The molecule has 0 unspecified atom stereocenters. The molecule has 0 amide bonds. The molecule has 5 aromatic carbocycles. The molecule has 40 heavy (non-hydrogen) atoms. The molecule has 5 aromatic rings. The average Bonchev–Trinajstić information content (AvgIpc) is 3.02. The SMILES string of the molecule is N#CC(c1ccccc1)(c1ccccc1)[C@H](c1ccccc1)[C@@H](Cc1ccccc1)NS(=O)(=O)c1ccccc1. The molecule has 5 rings (SSSR count). The number of hydrogen-bond acceptors (Lipinski definition) is 3. The third-order valence-corrected chi connectivity index (χ3v) is 8.83. The first kappa shape index (κ1) is 27.1. The third-order valence-electron chi connectivity index (χ3n) is 7.32. The van der Waals surface area contributed by atoms with Gasteiger partial charge in [0.1, 0.15) is 5.41 Å². The molecule has 0 spiro atoms. The van der Waals surface area contributed by atoms with Gasteiger partial charge in [-0.3, -0.25) is 0 Å². The fraction of sp³-hybridized carbons (Fsp3) is 0.114. The second-order valence-corrected chi connectivity index (χ2v) is 11.5. The lowest BCUT2D eigenvalue weighted by Crippen LogP contribution is -2.49. The number of nitrogens with one attached hydrogen (secondary N) is 1. The molecule has 0 bridgehead atoms. The second-order valence-electron chi connectivity index (χ2n) is 9.77. The predicted molar refractivity (Wildman–Crippen MR) is 159 cm³/mol. The predicted octanol–water partition coefficient (Wildman–Crippen LogP) is 6.87. The fourth-order valence-electron chi connectivity index (χ4n) is 5.53. The molecule has 0 heterocycles. The Balaban J connectivity index is 1.78. The van der Waals surface area contributed by atoms with Crippen molar-refractivity contribution < 1.29 is 8.42 Å². The molecule has 0 aliphatic carbocycles. The zero-order valence-corrected chi connectivity index (χ0v) is 22.8. The van der Waals surface area contributed by atoms with E-state index in [4.69, 9.17) is 0 Å². The van der Waals surface area contributed by atoms with Crippen LogP contribution in [-0.2, 0) is 21.9 Å². The summed E-state index contributed by atoms with van der Waals surface area (Å²) in [5, 5.41) is 11.2. The van der Waals surface area contributed by atoms with Crippen molar-refractivity contribution >= 4 is 10.0 Å². The Morgan fingerprint density at radius 3 is 1.52 bits per heavy atom. The van der Waals surface area contributed by atoms with Crippen LogP contribution in [0.25, 0.3) is 0 Å². The molecule has 0 fully saturated rings. The van der Waals surface area contributed by atoms with Crippen LogP contribution in [0.1, 0.15) is 28.2 Å². The van der Waals surface area contributed by atoms with Gasteiger partial charge in [0.25, 0.3) is 0 Å². The van der Waals surface area contributed by atoms with Crippen LogP contribution in [0.3, 0.4) is 0 Å². The van der Waals surface area contributed by atoms with E-state index < -0.39 is 27.4 Å². The summed E-state index contributed by atoms with van der Waals surface area (Å²) in [5.74, 6) is -0.581. The Labute approximate surface area is 236 Å². The van der Waals surface area contributed by atoms with Gasteiger partial charge in [0.2, 0.25) is 10.0 Å².